The lowest BCUT2D eigenvalue weighted by atomic mass is 10.4. The van der Waals surface area contributed by atoms with Gasteiger partial charge in [-0.3, -0.25) is 0 Å². The molecule has 0 atom stereocenters. The zero-order valence-electron chi connectivity index (χ0n) is 12.2. The number of hydrogen-bond donors (Lipinski definition) is 2. The van der Waals surface area contributed by atoms with Crippen molar-refractivity contribution in [3.05, 3.63) is 40.2 Å². The molecule has 0 aromatic carbocycles. The van der Waals surface area contributed by atoms with Crippen LogP contribution in [-0.2, 0) is 19.3 Å². The summed E-state index contributed by atoms with van der Waals surface area (Å²) in [5.74, 6) is 1.19. The van der Waals surface area contributed by atoms with Crippen molar-refractivity contribution in [2.45, 2.75) is 26.2 Å². The highest BCUT2D eigenvalue weighted by Gasteiger charge is 2.33. The van der Waals surface area contributed by atoms with Crippen LogP contribution in [0, 0.1) is 0 Å². The van der Waals surface area contributed by atoms with Crippen LogP contribution in [0.15, 0.2) is 33.2 Å². The summed E-state index contributed by atoms with van der Waals surface area (Å²) >= 11 is 0.957. The van der Waals surface area contributed by atoms with Crippen molar-refractivity contribution in [1.82, 2.24) is 15.6 Å². The molecule has 2 aromatic heterocycles. The molecule has 2 rings (SSSR count). The molecule has 0 aliphatic carbocycles. The molecule has 0 bridgehead atoms. The van der Waals surface area contributed by atoms with Crippen LogP contribution in [0.3, 0.4) is 0 Å². The second-order valence-electron chi connectivity index (χ2n) is 4.25. The monoisotopic (exact) mass is 460 g/mol. The largest absolute Gasteiger partial charge is 0.467 e. The Hall–Kier alpha value is -1.30. The number of nitrogens with one attached hydrogen (secondary N) is 2. The van der Waals surface area contributed by atoms with E-state index in [1.807, 2.05) is 6.92 Å². The van der Waals surface area contributed by atoms with E-state index < -0.39 is 11.9 Å². The minimum Gasteiger partial charge on any atom is -0.467 e. The summed E-state index contributed by atoms with van der Waals surface area (Å²) in [5, 5.41) is 7.29. The first-order valence-corrected chi connectivity index (χ1v) is 7.43. The smallest absolute Gasteiger partial charge is 0.434 e. The Morgan fingerprint density at radius 1 is 1.39 bits per heavy atom. The lowest BCUT2D eigenvalue weighted by molar-refractivity contribution is -0.140. The Bertz CT molecular complexity index is 613. The fraction of sp³-hybridized carbons (Fsp3) is 0.385. The van der Waals surface area contributed by atoms with Crippen LogP contribution in [-0.4, -0.2) is 17.5 Å². The number of guanidine groups is 1. The summed E-state index contributed by atoms with van der Waals surface area (Å²) in [5.41, 5.74) is -0.869. The molecule has 0 aliphatic heterocycles. The van der Waals surface area contributed by atoms with E-state index in [-0.39, 0.29) is 30.5 Å². The molecular formula is C13H16F3IN4OS. The number of aliphatic imine (C=N–C) groups is 1. The Morgan fingerprint density at radius 2 is 2.17 bits per heavy atom. The quantitative estimate of drug-likeness (QED) is 0.407. The van der Waals surface area contributed by atoms with E-state index in [1.54, 1.807) is 18.4 Å². The van der Waals surface area contributed by atoms with E-state index >= 15 is 0 Å². The zero-order valence-corrected chi connectivity index (χ0v) is 15.3. The van der Waals surface area contributed by atoms with Crippen LogP contribution in [0.1, 0.15) is 23.4 Å². The molecule has 0 unspecified atom stereocenters. The van der Waals surface area contributed by atoms with Crippen molar-refractivity contribution in [3.8, 4) is 0 Å². The SMILES string of the molecule is CCNC(=NCc1ccco1)NCc1nc(C(F)(F)F)cs1.I. The van der Waals surface area contributed by atoms with Gasteiger partial charge in [-0.2, -0.15) is 13.2 Å². The van der Waals surface area contributed by atoms with Gasteiger partial charge in [0.25, 0.3) is 0 Å². The normalized spacial score (nSPS) is 11.9. The summed E-state index contributed by atoms with van der Waals surface area (Å²) in [6.45, 7) is 3.05. The average molecular weight is 460 g/mol. The molecule has 0 aliphatic rings. The van der Waals surface area contributed by atoms with E-state index in [4.69, 9.17) is 4.42 Å². The van der Waals surface area contributed by atoms with Gasteiger partial charge in [-0.05, 0) is 19.1 Å². The van der Waals surface area contributed by atoms with E-state index in [2.05, 4.69) is 20.6 Å². The Kier molecular flexibility index (Phi) is 7.82. The molecule has 5 nitrogen and oxygen atoms in total. The highest BCUT2D eigenvalue weighted by molar-refractivity contribution is 14.0. The van der Waals surface area contributed by atoms with Gasteiger partial charge in [0.1, 0.15) is 17.3 Å². The van der Waals surface area contributed by atoms with E-state index in [0.717, 1.165) is 16.7 Å². The molecule has 128 valence electrons. The van der Waals surface area contributed by atoms with Crippen molar-refractivity contribution in [2.24, 2.45) is 4.99 Å². The topological polar surface area (TPSA) is 62.5 Å². The number of alkyl halides is 3. The molecule has 0 radical (unpaired) electrons. The molecule has 0 spiro atoms. The predicted molar refractivity (Wildman–Crippen MR) is 92.9 cm³/mol. The Morgan fingerprint density at radius 3 is 2.74 bits per heavy atom. The second kappa shape index (κ2) is 9.11. The van der Waals surface area contributed by atoms with Gasteiger partial charge < -0.3 is 15.1 Å². The molecule has 2 heterocycles. The maximum atomic E-state index is 12.5. The van der Waals surface area contributed by atoms with Gasteiger partial charge >= 0.3 is 6.18 Å². The predicted octanol–water partition coefficient (Wildman–Crippen LogP) is 3.63. The molecule has 0 amide bonds. The number of hydrogen-bond acceptors (Lipinski definition) is 4. The summed E-state index contributed by atoms with van der Waals surface area (Å²) in [6, 6.07) is 3.56. The molecular weight excluding hydrogens is 444 g/mol. The van der Waals surface area contributed by atoms with Crippen molar-refractivity contribution >= 4 is 41.3 Å². The second-order valence-corrected chi connectivity index (χ2v) is 5.19. The molecule has 0 saturated heterocycles. The van der Waals surface area contributed by atoms with Crippen LogP contribution in [0.25, 0.3) is 0 Å². The number of nitrogens with zero attached hydrogens (tertiary/aromatic N) is 2. The van der Waals surface area contributed by atoms with Gasteiger partial charge in [-0.1, -0.05) is 0 Å². The van der Waals surface area contributed by atoms with Gasteiger partial charge in [-0.25, -0.2) is 9.98 Å². The van der Waals surface area contributed by atoms with Crippen molar-refractivity contribution in [2.75, 3.05) is 6.54 Å². The Balaban J connectivity index is 0.00000264. The van der Waals surface area contributed by atoms with Gasteiger partial charge in [0, 0.05) is 11.9 Å². The van der Waals surface area contributed by atoms with Crippen LogP contribution in [0.5, 0.6) is 0 Å². The third-order valence-electron chi connectivity index (χ3n) is 2.57. The van der Waals surface area contributed by atoms with Gasteiger partial charge in [0.2, 0.25) is 0 Å². The Labute approximate surface area is 152 Å². The molecule has 0 fully saturated rings. The van der Waals surface area contributed by atoms with Crippen LogP contribution in [0.2, 0.25) is 0 Å². The fourth-order valence-corrected chi connectivity index (χ4v) is 2.32. The van der Waals surface area contributed by atoms with Crippen LogP contribution >= 0.6 is 35.3 Å². The molecule has 2 N–H and O–H groups in total. The lowest BCUT2D eigenvalue weighted by Gasteiger charge is -2.09. The maximum absolute atomic E-state index is 12.5. The highest BCUT2D eigenvalue weighted by atomic mass is 127. The van der Waals surface area contributed by atoms with Crippen LogP contribution < -0.4 is 10.6 Å². The van der Waals surface area contributed by atoms with E-state index in [9.17, 15) is 13.2 Å². The molecule has 10 heteroatoms. The summed E-state index contributed by atoms with van der Waals surface area (Å²) in [7, 11) is 0. The molecule has 2 aromatic rings. The van der Waals surface area contributed by atoms with E-state index in [0.29, 0.717) is 29.8 Å². The summed E-state index contributed by atoms with van der Waals surface area (Å²) in [4.78, 5) is 7.84. The standard InChI is InChI=1S/C13H15F3N4OS.HI/c1-2-17-12(18-6-9-4-3-5-21-9)19-7-11-20-10(8-22-11)13(14,15)16;/h3-5,8H,2,6-7H2,1H3,(H2,17,18,19);1H. The number of aromatic nitrogens is 1. The zero-order chi connectivity index (χ0) is 16.0. The highest BCUT2D eigenvalue weighted by Crippen LogP contribution is 2.29. The lowest BCUT2D eigenvalue weighted by Crippen LogP contribution is -2.36. The summed E-state index contributed by atoms with van der Waals surface area (Å²) < 4.78 is 42.6. The van der Waals surface area contributed by atoms with E-state index in [1.165, 1.54) is 0 Å². The third-order valence-corrected chi connectivity index (χ3v) is 3.42. The number of rotatable bonds is 5. The molecule has 23 heavy (non-hydrogen) atoms. The first-order chi connectivity index (χ1) is 10.5. The van der Waals surface area contributed by atoms with Crippen molar-refractivity contribution < 1.29 is 17.6 Å². The third kappa shape index (κ3) is 6.37. The average Bonchev–Trinajstić information content (AvgIpc) is 3.12. The van der Waals surface area contributed by atoms with Gasteiger partial charge in [0.15, 0.2) is 11.7 Å². The van der Waals surface area contributed by atoms with Crippen LogP contribution in [0.4, 0.5) is 13.2 Å². The van der Waals surface area contributed by atoms with Crippen molar-refractivity contribution in [1.29, 1.82) is 0 Å². The summed E-state index contributed by atoms with van der Waals surface area (Å²) in [6.07, 6.45) is -2.86. The minimum absolute atomic E-state index is 0. The first-order valence-electron chi connectivity index (χ1n) is 6.55. The van der Waals surface area contributed by atoms with Gasteiger partial charge in [-0.15, -0.1) is 35.3 Å². The number of halogens is 4. The van der Waals surface area contributed by atoms with Crippen molar-refractivity contribution in [3.63, 3.8) is 0 Å². The fourth-order valence-electron chi connectivity index (χ4n) is 1.58. The maximum Gasteiger partial charge on any atom is 0.434 e. The minimum atomic E-state index is -4.41. The molecule has 0 saturated carbocycles. The first kappa shape index (κ1) is 19.7. The number of furan rings is 1. The van der Waals surface area contributed by atoms with Gasteiger partial charge in [0.05, 0.1) is 12.8 Å². The number of thiazole rings is 1.